The second-order valence-electron chi connectivity index (χ2n) is 31.4. The third-order valence-corrected chi connectivity index (χ3v) is 23.5. The number of benzene rings is 8. The average molecular weight is 1780 g/mol. The molecule has 0 bridgehead atoms. The van der Waals surface area contributed by atoms with Crippen LogP contribution in [-0.4, -0.2) is 207 Å². The Labute approximate surface area is 753 Å². The van der Waals surface area contributed by atoms with Crippen LogP contribution in [-0.2, 0) is 32.7 Å². The van der Waals surface area contributed by atoms with E-state index in [0.717, 1.165) is 122 Å². The predicted molar refractivity (Wildman–Crippen MR) is 500 cm³/mol. The van der Waals surface area contributed by atoms with Crippen LogP contribution < -0.4 is 78.7 Å². The van der Waals surface area contributed by atoms with Crippen LogP contribution in [0.5, 0.6) is 34.5 Å². The van der Waals surface area contributed by atoms with Crippen molar-refractivity contribution in [1.29, 1.82) is 0 Å². The molecule has 9 heterocycles. The number of para-hydroxylation sites is 3. The lowest BCUT2D eigenvalue weighted by molar-refractivity contribution is 0.148. The summed E-state index contributed by atoms with van der Waals surface area (Å²) < 4.78 is 35.1. The number of hydrogen-bond acceptors (Lipinski definition) is 24. The van der Waals surface area contributed by atoms with Gasteiger partial charge in [0.05, 0.1) is 130 Å². The number of piperazine rings is 2. The van der Waals surface area contributed by atoms with Gasteiger partial charge in [-0.05, 0) is 162 Å². The molecule has 3 N–H and O–H groups in total. The number of nitrogens with zero attached hydrogens (tertiary/aromatic N) is 19. The van der Waals surface area contributed by atoms with E-state index in [1.807, 2.05) is 106 Å². The summed E-state index contributed by atoms with van der Waals surface area (Å²) in [6, 6.07) is 48.2. The lowest BCUT2D eigenvalue weighted by Gasteiger charge is -2.37. The second-order valence-corrected chi connectivity index (χ2v) is 32.6. The molecule has 0 spiro atoms. The molecule has 658 valence electrons. The van der Waals surface area contributed by atoms with Crippen molar-refractivity contribution in [2.45, 2.75) is 53.5 Å². The third-order valence-electron chi connectivity index (χ3n) is 22.5. The second kappa shape index (κ2) is 39.5. The van der Waals surface area contributed by atoms with E-state index in [4.69, 9.17) is 78.2 Å². The molecule has 127 heavy (non-hydrogen) atoms. The first kappa shape index (κ1) is 88.6. The summed E-state index contributed by atoms with van der Waals surface area (Å²) >= 11 is 19.9. The molecular weight excluding hydrogens is 1680 g/mol. The van der Waals surface area contributed by atoms with Gasteiger partial charge in [-0.25, -0.2) is 44.0 Å². The van der Waals surface area contributed by atoms with Crippen molar-refractivity contribution in [2.24, 2.45) is 0 Å². The summed E-state index contributed by atoms with van der Waals surface area (Å²) in [7, 11) is 17.8. The number of carbonyl (C=O) groups excluding carboxylic acids is 3. The van der Waals surface area contributed by atoms with Crippen LogP contribution >= 0.6 is 34.8 Å². The number of hydrogen-bond donors (Lipinski definition) is 3. The minimum atomic E-state index is -0.326. The molecule has 34 heteroatoms. The van der Waals surface area contributed by atoms with Gasteiger partial charge in [-0.15, -0.1) is 0 Å². The molecular formula is C93H101Cl3N22O9. The Bertz CT molecular complexity index is 5920. The average Bonchev–Trinajstić information content (AvgIpc) is 0.897. The normalized spacial score (nSPS) is 14.7. The Hall–Kier alpha value is -13.3. The molecule has 4 aromatic heterocycles. The Kier molecular flexibility index (Phi) is 27.6. The molecule has 2 fully saturated rings. The van der Waals surface area contributed by atoms with E-state index in [2.05, 4.69) is 98.9 Å². The summed E-state index contributed by atoms with van der Waals surface area (Å²) in [5.41, 5.74) is 13.2. The van der Waals surface area contributed by atoms with Crippen LogP contribution in [0.2, 0.25) is 15.1 Å². The molecule has 12 aromatic rings. The van der Waals surface area contributed by atoms with E-state index in [-0.39, 0.29) is 37.7 Å². The van der Waals surface area contributed by atoms with Gasteiger partial charge in [0.2, 0.25) is 17.8 Å². The van der Waals surface area contributed by atoms with Crippen molar-refractivity contribution < 1.29 is 42.8 Å². The lowest BCUT2D eigenvalue weighted by atomic mass is 10.1. The zero-order valence-corrected chi connectivity index (χ0v) is 75.4. The number of likely N-dealkylation sites (N-methyl/N-ethyl adjacent to an activating group) is 3. The Balaban J connectivity index is 0.000000147. The first-order chi connectivity index (χ1) is 61.5. The van der Waals surface area contributed by atoms with Crippen LogP contribution in [0, 0.1) is 20.8 Å². The van der Waals surface area contributed by atoms with E-state index < -0.39 is 0 Å². The number of aromatic nitrogens is 8. The van der Waals surface area contributed by atoms with Crippen LogP contribution in [0.1, 0.15) is 38.9 Å². The molecule has 0 unspecified atom stereocenters. The zero-order valence-electron chi connectivity index (χ0n) is 73.1. The van der Waals surface area contributed by atoms with Gasteiger partial charge in [0.15, 0.2) is 17.5 Å². The van der Waals surface area contributed by atoms with Gasteiger partial charge < -0.3 is 64.0 Å². The summed E-state index contributed by atoms with van der Waals surface area (Å²) in [5.74, 6) is 5.63. The van der Waals surface area contributed by atoms with Crippen LogP contribution in [0.25, 0.3) is 0 Å². The standard InChI is InChI=1S/C33H36ClN7O3.C32H34ClN7O3.C28H31ClN8O3/c1-22-6-5-7-27(34)30(22)40-21-24-19-35-32(36-25-10-8-23(9-11-25)20-39-16-14-38(2)15-17-39)37-31(24)41(33(40)42)28-13-12-26(43-3)18-29(28)44-4;1-21-6-5-7-26(33)29(21)39-20-22-19-34-31(35-23-8-10-24(11-9-23)38-16-14-37(2)15-17-38)36-30(22)40(32(39)41)27-13-12-25(42-3)18-28(27)43-4;1-18-7-6-8-22(29)25(18)36-16-19-14-30-27(32-20-15-31-35(17-20)12-11-34(2)3)33-26(19)37(28(36)38)23-10-9-21(39-4)13-24(23)40-5/h5-13,18-19H,14-17,20-21H2,1-4H3,(H,35,36,37);5-13,18-19H,14-17,20H2,1-4H3,(H,34,35,36);6-10,13-15,17H,11-12,16H2,1-5H3,(H,30,32,33). The number of anilines is 16. The van der Waals surface area contributed by atoms with Crippen molar-refractivity contribution in [3.8, 4) is 34.5 Å². The summed E-state index contributed by atoms with van der Waals surface area (Å²) in [5, 5.41) is 15.7. The van der Waals surface area contributed by atoms with E-state index in [9.17, 15) is 14.4 Å². The molecule has 8 aromatic carbocycles. The summed E-state index contributed by atoms with van der Waals surface area (Å²) in [6.45, 7) is 17.5. The van der Waals surface area contributed by atoms with Crippen molar-refractivity contribution in [2.75, 3.05) is 180 Å². The number of amides is 6. The molecule has 31 nitrogen and oxygen atoms in total. The lowest BCUT2D eigenvalue weighted by Crippen LogP contribution is -2.46. The van der Waals surface area contributed by atoms with E-state index in [1.165, 1.54) is 16.2 Å². The largest absolute Gasteiger partial charge is 0.497 e. The van der Waals surface area contributed by atoms with Crippen LogP contribution in [0.3, 0.4) is 0 Å². The van der Waals surface area contributed by atoms with Crippen molar-refractivity contribution in [3.63, 3.8) is 0 Å². The Morgan fingerprint density at radius 1 is 0.417 bits per heavy atom. The van der Waals surface area contributed by atoms with Gasteiger partial charge >= 0.3 is 18.1 Å². The molecule has 2 saturated heterocycles. The number of nitrogens with one attached hydrogen (secondary N) is 3. The Morgan fingerprint density at radius 2 is 0.780 bits per heavy atom. The van der Waals surface area contributed by atoms with Gasteiger partial charge in [-0.2, -0.15) is 20.1 Å². The van der Waals surface area contributed by atoms with Gasteiger partial charge in [-0.1, -0.05) is 83.3 Å². The fourth-order valence-electron chi connectivity index (χ4n) is 15.6. The van der Waals surface area contributed by atoms with Crippen molar-refractivity contribution in [3.05, 3.63) is 243 Å². The van der Waals surface area contributed by atoms with Crippen LogP contribution in [0.15, 0.2) is 189 Å². The molecule has 0 atom stereocenters. The number of carbonyl (C=O) groups is 3. The smallest absolute Gasteiger partial charge is 0.335 e. The van der Waals surface area contributed by atoms with Crippen LogP contribution in [0.4, 0.5) is 107 Å². The van der Waals surface area contributed by atoms with E-state index in [1.54, 1.807) is 165 Å². The molecule has 0 aliphatic carbocycles. The number of methoxy groups -OCH3 is 6. The summed E-state index contributed by atoms with van der Waals surface area (Å²) in [6.07, 6.45) is 8.83. The predicted octanol–water partition coefficient (Wildman–Crippen LogP) is 17.7. The monoisotopic (exact) mass is 1770 g/mol. The summed E-state index contributed by atoms with van der Waals surface area (Å²) in [4.78, 5) is 92.3. The maximum absolute atomic E-state index is 14.3. The number of fused-ring (bicyclic) bond motifs is 3. The number of halogens is 3. The Morgan fingerprint density at radius 3 is 1.13 bits per heavy atom. The van der Waals surface area contributed by atoms with Gasteiger partial charge in [0.25, 0.3) is 0 Å². The number of rotatable bonds is 24. The molecule has 5 aliphatic rings. The first-order valence-corrected chi connectivity index (χ1v) is 42.5. The maximum atomic E-state index is 14.3. The van der Waals surface area contributed by atoms with E-state index >= 15 is 0 Å². The first-order valence-electron chi connectivity index (χ1n) is 41.3. The zero-order chi connectivity index (χ0) is 89.3. The van der Waals surface area contributed by atoms with Crippen molar-refractivity contribution >= 4 is 145 Å². The van der Waals surface area contributed by atoms with E-state index in [0.29, 0.717) is 119 Å². The SMILES string of the molecule is COc1ccc(N2C(=O)N(c3c(C)cccc3Cl)Cc3cnc(Nc4ccc(CN5CCN(C)CC5)cc4)nc32)c(OC)c1.COc1ccc(N2C(=O)N(c3c(C)cccc3Cl)Cc3cnc(Nc4ccc(N5CCN(C)CC5)cc4)nc32)c(OC)c1.COc1ccc(N2C(=O)N(c3c(C)cccc3Cl)Cc3cnc(Nc4cnn(CCN(C)C)c4)nc32)c(OC)c1. The number of urea groups is 3. The number of aryl methyl sites for hydroxylation is 3. The number of ether oxygens (including phenoxy) is 6. The van der Waals surface area contributed by atoms with Crippen molar-refractivity contribution in [1.82, 2.24) is 59.3 Å². The highest BCUT2D eigenvalue weighted by molar-refractivity contribution is 6.35. The maximum Gasteiger partial charge on any atom is 0.335 e. The van der Waals surface area contributed by atoms with Gasteiger partial charge in [0, 0.05) is 142 Å². The van der Waals surface area contributed by atoms with Gasteiger partial charge in [0.1, 0.15) is 34.5 Å². The van der Waals surface area contributed by atoms with Gasteiger partial charge in [-0.3, -0.25) is 24.3 Å². The third kappa shape index (κ3) is 19.7. The molecule has 6 amide bonds. The fraction of sp³-hybridized carbons (Fsp3) is 0.290. The molecule has 0 radical (unpaired) electrons. The highest BCUT2D eigenvalue weighted by Crippen LogP contribution is 2.48. The topological polar surface area (TPSA) is 273 Å². The highest BCUT2D eigenvalue weighted by Gasteiger charge is 2.41. The molecule has 0 saturated carbocycles. The molecule has 17 rings (SSSR count). The minimum absolute atomic E-state index is 0.246. The minimum Gasteiger partial charge on any atom is -0.497 e. The quantitative estimate of drug-likeness (QED) is 0.0507. The highest BCUT2D eigenvalue weighted by atomic mass is 35.5. The molecule has 5 aliphatic heterocycles. The fourth-order valence-corrected chi connectivity index (χ4v) is 16.6.